The molecule has 0 aromatic rings. The minimum atomic E-state index is -0.349. The van der Waals surface area contributed by atoms with Gasteiger partial charge in [0.25, 0.3) is 0 Å². The standard InChI is InChI=1S/C9H18N4OS/c1-2-7(8(10)15)12-3-5-13(6-4-12)9(11)14/h7H,2-6H2,1H3,(H2,10,15)(H2,11,14). The van der Waals surface area contributed by atoms with Crippen LogP contribution in [0.2, 0.25) is 0 Å². The lowest BCUT2D eigenvalue weighted by molar-refractivity contribution is 0.131. The van der Waals surface area contributed by atoms with Crippen LogP contribution in [0.1, 0.15) is 13.3 Å². The van der Waals surface area contributed by atoms with E-state index >= 15 is 0 Å². The number of hydrogen-bond donors (Lipinski definition) is 2. The SMILES string of the molecule is CCC(C(N)=S)N1CCN(C(N)=O)CC1. The zero-order valence-electron chi connectivity index (χ0n) is 8.98. The summed E-state index contributed by atoms with van der Waals surface area (Å²) in [5.74, 6) is 0. The van der Waals surface area contributed by atoms with Gasteiger partial charge in [-0.1, -0.05) is 19.1 Å². The molecule has 1 atom stereocenters. The third-order valence-corrected chi connectivity index (χ3v) is 3.05. The minimum Gasteiger partial charge on any atom is -0.392 e. The van der Waals surface area contributed by atoms with Crippen LogP contribution in [-0.4, -0.2) is 53.0 Å². The molecule has 86 valence electrons. The molecule has 1 fully saturated rings. The molecule has 0 aliphatic carbocycles. The lowest BCUT2D eigenvalue weighted by atomic mass is 10.1. The number of carbonyl (C=O) groups is 1. The Balaban J connectivity index is 2.49. The van der Waals surface area contributed by atoms with Gasteiger partial charge in [0.1, 0.15) is 0 Å². The van der Waals surface area contributed by atoms with Crippen LogP contribution in [0.25, 0.3) is 0 Å². The largest absolute Gasteiger partial charge is 0.392 e. The Kier molecular flexibility index (Phi) is 4.28. The van der Waals surface area contributed by atoms with Crippen molar-refractivity contribution in [3.63, 3.8) is 0 Å². The maximum Gasteiger partial charge on any atom is 0.314 e. The predicted molar refractivity (Wildman–Crippen MR) is 63.6 cm³/mol. The minimum absolute atomic E-state index is 0.148. The van der Waals surface area contributed by atoms with Gasteiger partial charge in [-0.25, -0.2) is 4.79 Å². The van der Waals surface area contributed by atoms with Gasteiger partial charge in [-0.15, -0.1) is 0 Å². The van der Waals surface area contributed by atoms with Crippen LogP contribution < -0.4 is 11.5 Å². The summed E-state index contributed by atoms with van der Waals surface area (Å²) >= 11 is 5.01. The van der Waals surface area contributed by atoms with E-state index in [9.17, 15) is 4.79 Å². The first kappa shape index (κ1) is 12.2. The van der Waals surface area contributed by atoms with E-state index in [2.05, 4.69) is 11.8 Å². The Hall–Kier alpha value is -0.880. The molecule has 1 heterocycles. The molecule has 0 aromatic heterocycles. The molecule has 1 aliphatic rings. The second-order valence-corrected chi connectivity index (χ2v) is 4.16. The second kappa shape index (κ2) is 5.27. The third kappa shape index (κ3) is 3.04. The molecule has 1 rings (SSSR count). The van der Waals surface area contributed by atoms with Gasteiger partial charge in [-0.05, 0) is 6.42 Å². The van der Waals surface area contributed by atoms with E-state index in [1.54, 1.807) is 4.90 Å². The molecular formula is C9H18N4OS. The molecule has 0 aromatic carbocycles. The van der Waals surface area contributed by atoms with Crippen LogP contribution >= 0.6 is 12.2 Å². The predicted octanol–water partition coefficient (Wildman–Crippen LogP) is -0.253. The molecule has 1 saturated heterocycles. The van der Waals surface area contributed by atoms with Crippen molar-refractivity contribution in [3.8, 4) is 0 Å². The monoisotopic (exact) mass is 230 g/mol. The number of carbonyl (C=O) groups excluding carboxylic acids is 1. The Labute approximate surface area is 95.4 Å². The Bertz CT molecular complexity index is 250. The number of piperazine rings is 1. The maximum absolute atomic E-state index is 10.9. The number of hydrogen-bond acceptors (Lipinski definition) is 3. The van der Waals surface area contributed by atoms with Crippen LogP contribution in [-0.2, 0) is 0 Å². The molecule has 2 amide bonds. The molecule has 0 bridgehead atoms. The summed E-state index contributed by atoms with van der Waals surface area (Å²) in [6.45, 7) is 4.96. The van der Waals surface area contributed by atoms with E-state index in [4.69, 9.17) is 23.7 Å². The Morgan fingerprint density at radius 2 is 1.87 bits per heavy atom. The molecule has 0 saturated carbocycles. The van der Waals surface area contributed by atoms with Gasteiger partial charge in [-0.2, -0.15) is 0 Å². The van der Waals surface area contributed by atoms with Gasteiger partial charge in [0, 0.05) is 26.2 Å². The van der Waals surface area contributed by atoms with Crippen molar-refractivity contribution in [2.75, 3.05) is 26.2 Å². The van der Waals surface area contributed by atoms with Crippen molar-refractivity contribution in [1.82, 2.24) is 9.80 Å². The van der Waals surface area contributed by atoms with Gasteiger partial charge in [0.15, 0.2) is 0 Å². The van der Waals surface area contributed by atoms with Crippen LogP contribution in [0.4, 0.5) is 4.79 Å². The first-order chi connectivity index (χ1) is 7.06. The topological polar surface area (TPSA) is 75.6 Å². The number of nitrogens with two attached hydrogens (primary N) is 2. The van der Waals surface area contributed by atoms with Crippen LogP contribution in [0.15, 0.2) is 0 Å². The first-order valence-electron chi connectivity index (χ1n) is 5.14. The fraction of sp³-hybridized carbons (Fsp3) is 0.778. The van der Waals surface area contributed by atoms with Crippen molar-refractivity contribution in [3.05, 3.63) is 0 Å². The van der Waals surface area contributed by atoms with E-state index in [0.717, 1.165) is 19.5 Å². The van der Waals surface area contributed by atoms with Crippen LogP contribution in [0.3, 0.4) is 0 Å². The summed E-state index contributed by atoms with van der Waals surface area (Å²) in [6, 6.07) is -0.201. The molecule has 0 radical (unpaired) electrons. The third-order valence-electron chi connectivity index (χ3n) is 2.78. The van der Waals surface area contributed by atoms with E-state index in [1.807, 2.05) is 0 Å². The van der Waals surface area contributed by atoms with Gasteiger partial charge < -0.3 is 16.4 Å². The normalized spacial score (nSPS) is 19.9. The summed E-state index contributed by atoms with van der Waals surface area (Å²) in [5, 5.41) is 0. The fourth-order valence-corrected chi connectivity index (χ4v) is 2.21. The summed E-state index contributed by atoms with van der Waals surface area (Å²) in [7, 11) is 0. The van der Waals surface area contributed by atoms with Crippen molar-refractivity contribution in [2.24, 2.45) is 11.5 Å². The molecule has 1 aliphatic heterocycles. The Morgan fingerprint density at radius 1 is 1.33 bits per heavy atom. The lowest BCUT2D eigenvalue weighted by Gasteiger charge is -2.37. The van der Waals surface area contributed by atoms with Crippen molar-refractivity contribution in [2.45, 2.75) is 19.4 Å². The van der Waals surface area contributed by atoms with Gasteiger partial charge in [-0.3, -0.25) is 4.90 Å². The van der Waals surface area contributed by atoms with E-state index in [0.29, 0.717) is 18.1 Å². The number of nitrogens with zero attached hydrogens (tertiary/aromatic N) is 2. The zero-order valence-corrected chi connectivity index (χ0v) is 9.80. The molecule has 0 spiro atoms. The fourth-order valence-electron chi connectivity index (χ4n) is 1.89. The smallest absolute Gasteiger partial charge is 0.314 e. The number of thiocarbonyl (C=S) groups is 1. The number of primary amides is 1. The first-order valence-corrected chi connectivity index (χ1v) is 5.54. The Morgan fingerprint density at radius 3 is 2.20 bits per heavy atom. The highest BCUT2D eigenvalue weighted by Crippen LogP contribution is 2.09. The molecular weight excluding hydrogens is 212 g/mol. The van der Waals surface area contributed by atoms with Gasteiger partial charge >= 0.3 is 6.03 Å². The molecule has 1 unspecified atom stereocenters. The van der Waals surface area contributed by atoms with E-state index < -0.39 is 0 Å². The van der Waals surface area contributed by atoms with Gasteiger partial charge in [0.05, 0.1) is 11.0 Å². The highest BCUT2D eigenvalue weighted by atomic mass is 32.1. The number of rotatable bonds is 3. The summed E-state index contributed by atoms with van der Waals surface area (Å²) in [6.07, 6.45) is 0.909. The van der Waals surface area contributed by atoms with Crippen LogP contribution in [0.5, 0.6) is 0 Å². The average molecular weight is 230 g/mol. The van der Waals surface area contributed by atoms with Gasteiger partial charge in [0.2, 0.25) is 0 Å². The lowest BCUT2D eigenvalue weighted by Crippen LogP contribution is -2.55. The maximum atomic E-state index is 10.9. The summed E-state index contributed by atoms with van der Waals surface area (Å²) < 4.78 is 0. The van der Waals surface area contributed by atoms with Crippen LogP contribution in [0, 0.1) is 0 Å². The van der Waals surface area contributed by atoms with E-state index in [-0.39, 0.29) is 12.1 Å². The molecule has 15 heavy (non-hydrogen) atoms. The van der Waals surface area contributed by atoms with Crippen molar-refractivity contribution >= 4 is 23.2 Å². The number of amides is 2. The highest BCUT2D eigenvalue weighted by Gasteiger charge is 2.25. The number of urea groups is 1. The van der Waals surface area contributed by atoms with E-state index in [1.165, 1.54) is 0 Å². The van der Waals surface area contributed by atoms with Crippen molar-refractivity contribution < 1.29 is 4.79 Å². The second-order valence-electron chi connectivity index (χ2n) is 3.69. The average Bonchev–Trinajstić information content (AvgIpc) is 2.19. The highest BCUT2D eigenvalue weighted by molar-refractivity contribution is 7.80. The summed E-state index contributed by atoms with van der Waals surface area (Å²) in [5.41, 5.74) is 10.9. The molecule has 4 N–H and O–H groups in total. The molecule has 5 nitrogen and oxygen atoms in total. The molecule has 6 heteroatoms. The quantitative estimate of drug-likeness (QED) is 0.655. The van der Waals surface area contributed by atoms with Crippen molar-refractivity contribution in [1.29, 1.82) is 0 Å². The summed E-state index contributed by atoms with van der Waals surface area (Å²) in [4.78, 5) is 15.3. The zero-order chi connectivity index (χ0) is 11.4.